The number of esters is 1. The minimum atomic E-state index is -0.381. The molecule has 0 fully saturated rings. The van der Waals surface area contributed by atoms with E-state index in [1.165, 1.54) is 0 Å². The van der Waals surface area contributed by atoms with Crippen LogP contribution in [0.1, 0.15) is 22.0 Å². The number of para-hydroxylation sites is 1. The minimum Gasteiger partial charge on any atom is -0.448 e. The van der Waals surface area contributed by atoms with Crippen molar-refractivity contribution in [2.45, 2.75) is 6.10 Å². The number of benzene rings is 2. The third kappa shape index (κ3) is 1.91. The van der Waals surface area contributed by atoms with E-state index in [2.05, 4.69) is 4.99 Å². The van der Waals surface area contributed by atoms with Gasteiger partial charge in [-0.2, -0.15) is 0 Å². The summed E-state index contributed by atoms with van der Waals surface area (Å²) >= 11 is 0. The Morgan fingerprint density at radius 3 is 2.56 bits per heavy atom. The number of fused-ring (bicyclic) bond motifs is 1. The van der Waals surface area contributed by atoms with E-state index in [9.17, 15) is 4.79 Å². The van der Waals surface area contributed by atoms with Crippen LogP contribution in [-0.4, -0.2) is 12.2 Å². The van der Waals surface area contributed by atoms with Crippen LogP contribution in [0.2, 0.25) is 0 Å². The molecule has 1 aliphatic heterocycles. The lowest BCUT2D eigenvalue weighted by Gasteiger charge is -2.03. The number of aliphatic imine (C=N–C) groups is 1. The fraction of sp³-hybridized carbons (Fsp3) is 0.0667. The van der Waals surface area contributed by atoms with Gasteiger partial charge in [-0.05, 0) is 18.2 Å². The van der Waals surface area contributed by atoms with Crippen molar-refractivity contribution in [3.05, 3.63) is 65.7 Å². The molecule has 0 N–H and O–H groups in total. The zero-order chi connectivity index (χ0) is 12.4. The number of carbonyl (C=O) groups excluding carboxylic acids is 1. The van der Waals surface area contributed by atoms with Crippen LogP contribution in [0, 0.1) is 0 Å². The van der Waals surface area contributed by atoms with Crippen molar-refractivity contribution in [1.82, 2.24) is 0 Å². The molecule has 0 bridgehead atoms. The lowest BCUT2D eigenvalue weighted by Crippen LogP contribution is -1.99. The Morgan fingerprint density at radius 1 is 1.00 bits per heavy atom. The van der Waals surface area contributed by atoms with E-state index in [0.29, 0.717) is 5.56 Å². The molecule has 3 rings (SSSR count). The molecule has 0 spiro atoms. The van der Waals surface area contributed by atoms with Gasteiger partial charge >= 0.3 is 5.97 Å². The highest BCUT2D eigenvalue weighted by Crippen LogP contribution is 2.29. The van der Waals surface area contributed by atoms with Crippen molar-refractivity contribution < 1.29 is 9.53 Å². The van der Waals surface area contributed by atoms with Crippen molar-refractivity contribution in [1.29, 1.82) is 0 Å². The Labute approximate surface area is 105 Å². The molecule has 3 nitrogen and oxygen atoms in total. The predicted molar refractivity (Wildman–Crippen MR) is 69.2 cm³/mol. The quantitative estimate of drug-likeness (QED) is 0.593. The number of rotatable bonds is 2. The molecule has 0 amide bonds. The van der Waals surface area contributed by atoms with Crippen LogP contribution in [0.25, 0.3) is 0 Å². The fourth-order valence-electron chi connectivity index (χ4n) is 1.95. The van der Waals surface area contributed by atoms with Crippen molar-refractivity contribution in [3.63, 3.8) is 0 Å². The maximum atomic E-state index is 11.6. The highest BCUT2D eigenvalue weighted by Gasteiger charge is 2.28. The van der Waals surface area contributed by atoms with E-state index >= 15 is 0 Å². The SMILES string of the molecule is O=C1OC(C=Nc2ccccc2)c2ccccc21. The first-order valence-electron chi connectivity index (χ1n) is 5.74. The molecule has 18 heavy (non-hydrogen) atoms. The zero-order valence-electron chi connectivity index (χ0n) is 9.61. The number of hydrogen-bond donors (Lipinski definition) is 0. The second kappa shape index (κ2) is 4.45. The molecule has 2 aromatic carbocycles. The minimum absolute atomic E-state index is 0.282. The summed E-state index contributed by atoms with van der Waals surface area (Å²) < 4.78 is 5.27. The Balaban J connectivity index is 1.88. The summed E-state index contributed by atoms with van der Waals surface area (Å²) in [6.07, 6.45) is 1.29. The van der Waals surface area contributed by atoms with Crippen LogP contribution in [-0.2, 0) is 4.74 Å². The first-order valence-corrected chi connectivity index (χ1v) is 5.74. The number of ether oxygens (including phenoxy) is 1. The molecule has 0 aromatic heterocycles. The van der Waals surface area contributed by atoms with E-state index in [4.69, 9.17) is 4.74 Å². The second-order valence-corrected chi connectivity index (χ2v) is 4.03. The Bertz CT molecular complexity index is 605. The van der Waals surface area contributed by atoms with Gasteiger partial charge in [0.1, 0.15) is 0 Å². The van der Waals surface area contributed by atoms with Crippen molar-refractivity contribution in [2.75, 3.05) is 0 Å². The highest BCUT2D eigenvalue weighted by atomic mass is 16.5. The number of carbonyl (C=O) groups is 1. The van der Waals surface area contributed by atoms with Crippen molar-refractivity contribution >= 4 is 17.9 Å². The largest absolute Gasteiger partial charge is 0.448 e. The van der Waals surface area contributed by atoms with Crippen LogP contribution >= 0.6 is 0 Å². The second-order valence-electron chi connectivity index (χ2n) is 4.03. The van der Waals surface area contributed by atoms with Gasteiger partial charge < -0.3 is 4.74 Å². The average molecular weight is 237 g/mol. The number of nitrogens with zero attached hydrogens (tertiary/aromatic N) is 1. The molecule has 1 unspecified atom stereocenters. The smallest absolute Gasteiger partial charge is 0.339 e. The molecular formula is C15H11NO2. The van der Waals surface area contributed by atoms with E-state index in [-0.39, 0.29) is 12.1 Å². The van der Waals surface area contributed by atoms with E-state index in [1.807, 2.05) is 48.5 Å². The van der Waals surface area contributed by atoms with Crippen molar-refractivity contribution in [3.8, 4) is 0 Å². The standard InChI is InChI=1S/C15H11NO2/c17-15-13-9-5-4-8-12(13)14(18-15)10-16-11-6-2-1-3-7-11/h1-10,14H. The predicted octanol–water partition coefficient (Wildman–Crippen LogP) is 3.30. The molecule has 0 saturated carbocycles. The Hall–Kier alpha value is -2.42. The molecule has 1 atom stereocenters. The summed E-state index contributed by atoms with van der Waals surface area (Å²) in [5.41, 5.74) is 2.35. The lowest BCUT2D eigenvalue weighted by atomic mass is 10.1. The Morgan fingerprint density at radius 2 is 1.72 bits per heavy atom. The van der Waals surface area contributed by atoms with Gasteiger partial charge in [-0.1, -0.05) is 36.4 Å². The van der Waals surface area contributed by atoms with Gasteiger partial charge in [-0.25, -0.2) is 4.79 Å². The average Bonchev–Trinajstić information content (AvgIpc) is 2.75. The molecule has 2 aromatic rings. The fourth-order valence-corrected chi connectivity index (χ4v) is 1.95. The van der Waals surface area contributed by atoms with Crippen molar-refractivity contribution in [2.24, 2.45) is 4.99 Å². The molecule has 3 heteroatoms. The van der Waals surface area contributed by atoms with Crippen LogP contribution in [0.3, 0.4) is 0 Å². The van der Waals surface area contributed by atoms with E-state index in [0.717, 1.165) is 11.3 Å². The molecule has 0 radical (unpaired) electrons. The summed E-state index contributed by atoms with van der Waals surface area (Å²) in [5.74, 6) is -0.282. The van der Waals surface area contributed by atoms with Gasteiger partial charge in [0.15, 0.2) is 6.10 Å². The number of hydrogen-bond acceptors (Lipinski definition) is 3. The summed E-state index contributed by atoms with van der Waals surface area (Å²) in [7, 11) is 0. The van der Waals surface area contributed by atoms with Gasteiger partial charge in [0.2, 0.25) is 0 Å². The highest BCUT2D eigenvalue weighted by molar-refractivity contribution is 5.97. The zero-order valence-corrected chi connectivity index (χ0v) is 9.61. The molecule has 88 valence electrons. The first kappa shape index (κ1) is 10.7. The molecule has 0 saturated heterocycles. The summed E-state index contributed by atoms with van der Waals surface area (Å²) in [6, 6.07) is 17.0. The topological polar surface area (TPSA) is 38.7 Å². The van der Waals surface area contributed by atoms with Gasteiger partial charge in [0.05, 0.1) is 17.5 Å². The summed E-state index contributed by atoms with van der Waals surface area (Å²) in [4.78, 5) is 15.9. The van der Waals surface area contributed by atoms with E-state index in [1.54, 1.807) is 12.3 Å². The van der Waals surface area contributed by atoms with Crippen LogP contribution in [0.4, 0.5) is 5.69 Å². The van der Waals surface area contributed by atoms with E-state index < -0.39 is 0 Å². The number of cyclic esters (lactones) is 1. The third-order valence-corrected chi connectivity index (χ3v) is 2.84. The summed E-state index contributed by atoms with van der Waals surface area (Å²) in [5, 5.41) is 0. The monoisotopic (exact) mass is 237 g/mol. The van der Waals surface area contributed by atoms with Gasteiger partial charge in [-0.3, -0.25) is 4.99 Å². The van der Waals surface area contributed by atoms with Gasteiger partial charge in [0, 0.05) is 5.56 Å². The summed E-state index contributed by atoms with van der Waals surface area (Å²) in [6.45, 7) is 0. The first-order chi connectivity index (χ1) is 8.84. The van der Waals surface area contributed by atoms with Crippen LogP contribution in [0.15, 0.2) is 59.6 Å². The van der Waals surface area contributed by atoms with Crippen LogP contribution < -0.4 is 0 Å². The molecular weight excluding hydrogens is 226 g/mol. The lowest BCUT2D eigenvalue weighted by molar-refractivity contribution is 0.0500. The third-order valence-electron chi connectivity index (χ3n) is 2.84. The molecule has 0 aliphatic carbocycles. The maximum Gasteiger partial charge on any atom is 0.339 e. The van der Waals surface area contributed by atoms with Crippen LogP contribution in [0.5, 0.6) is 0 Å². The molecule has 1 aliphatic rings. The normalized spacial score (nSPS) is 17.8. The maximum absolute atomic E-state index is 11.6. The molecule has 1 heterocycles. The van der Waals surface area contributed by atoms with Gasteiger partial charge in [0.25, 0.3) is 0 Å². The Kier molecular flexibility index (Phi) is 2.65. The van der Waals surface area contributed by atoms with Gasteiger partial charge in [-0.15, -0.1) is 0 Å².